The molecule has 0 aromatic heterocycles. The number of phosphoric acid groups is 1. The van der Waals surface area contributed by atoms with Gasteiger partial charge in [-0.2, -0.15) is 0 Å². The van der Waals surface area contributed by atoms with Crippen LogP contribution in [0.15, 0.2) is 151 Å². The number of amides is 1. The number of nitrogens with one attached hydrogen (secondary N) is 1. The van der Waals surface area contributed by atoms with Crippen molar-refractivity contribution in [1.29, 1.82) is 0 Å². The van der Waals surface area contributed by atoms with Crippen molar-refractivity contribution in [3.63, 3.8) is 0 Å². The van der Waals surface area contributed by atoms with Gasteiger partial charge in [-0.15, -0.1) is 0 Å². The Bertz CT molecular complexity index is 2960. The highest BCUT2D eigenvalue weighted by molar-refractivity contribution is 7.48. The second-order valence-corrected chi connectivity index (χ2v) is 27.9. The number of rotatable bonds is 21. The van der Waals surface area contributed by atoms with Crippen molar-refractivity contribution in [3.8, 4) is 11.1 Å². The molecule has 0 saturated carbocycles. The molecule has 9 rings (SSSR count). The van der Waals surface area contributed by atoms with Crippen molar-refractivity contribution in [2.75, 3.05) is 26.4 Å². The minimum atomic E-state index is -4.62. The van der Waals surface area contributed by atoms with E-state index in [1.54, 1.807) is 12.1 Å². The number of phosphoric ester groups is 1. The SMILES string of the molecule is C=CCOC(=O)O[C@@H]1C(NC(=O)OCC2c3ccccc3-c3ccccc32)[C@H](OCC2O[C@@H](O[Si](C)(C)C(C)(C)C)C(N=[N+]=[N-])[C@@H](O)[C@@H]2OCc2ccccc2)OC(COCc2ccccc2)[C@@H]1OP1(=O)OCc2ccccc2CO1. The second-order valence-electron chi connectivity index (χ2n) is 21.5. The summed E-state index contributed by atoms with van der Waals surface area (Å²) in [6, 6.07) is 38.7. The highest BCUT2D eigenvalue weighted by Crippen LogP contribution is 2.55. The summed E-state index contributed by atoms with van der Waals surface area (Å²) < 4.78 is 90.6. The van der Waals surface area contributed by atoms with E-state index in [2.05, 4.69) is 21.9 Å². The molecule has 4 unspecified atom stereocenters. The summed E-state index contributed by atoms with van der Waals surface area (Å²) in [6.45, 7) is 12.3. The Morgan fingerprint density at radius 2 is 1.32 bits per heavy atom. The predicted octanol–water partition coefficient (Wildman–Crippen LogP) is 11.2. The number of hydrogen-bond acceptors (Lipinski definition) is 17. The van der Waals surface area contributed by atoms with Crippen molar-refractivity contribution in [1.82, 2.24) is 5.32 Å². The number of carbonyl (C=O) groups excluding carboxylic acids is 2. The minimum absolute atomic E-state index is 0.00290. The molecule has 10 atom stereocenters. The van der Waals surface area contributed by atoms with E-state index >= 15 is 0 Å². The van der Waals surface area contributed by atoms with E-state index in [4.69, 9.17) is 55.9 Å². The molecule has 2 fully saturated rings. The standard InChI is InChI=1S/C59H69N4O16PSi/c1-7-30-69-58(66)77-54-50(61-57(65)72-35-46-44-28-18-16-26-42(44)43-27-17-19-29-45(43)46)55(75-47(36-68-31-38-20-10-8-11-21-38)53(54)78-80(67)73-33-40-24-14-15-25-41(40)34-74-80)71-37-48-52(70-32-39-22-12-9-13-23-39)51(64)49(62-63-60)56(76-48)79-81(5,6)59(2,3)4/h7-29,46-56,64H,1,30-37H2,2-6H3,(H,61,65)/t47?,48?,49?,50?,51-,52-,53+,54-,55-,56+/m1/s1. The van der Waals surface area contributed by atoms with Crippen LogP contribution in [0.3, 0.4) is 0 Å². The van der Waals surface area contributed by atoms with Gasteiger partial charge in [-0.05, 0) is 68.2 Å². The van der Waals surface area contributed by atoms with Crippen molar-refractivity contribution in [3.05, 3.63) is 190 Å². The lowest BCUT2D eigenvalue weighted by Gasteiger charge is -2.48. The van der Waals surface area contributed by atoms with Crippen LogP contribution in [0.25, 0.3) is 21.6 Å². The van der Waals surface area contributed by atoms with Crippen molar-refractivity contribution >= 4 is 28.4 Å². The Morgan fingerprint density at radius 1 is 0.753 bits per heavy atom. The molecule has 3 heterocycles. The molecule has 20 nitrogen and oxygen atoms in total. The molecule has 2 N–H and O–H groups in total. The Morgan fingerprint density at radius 3 is 1.93 bits per heavy atom. The number of carbonyl (C=O) groups is 2. The van der Waals surface area contributed by atoms with Gasteiger partial charge in [0.25, 0.3) is 0 Å². The zero-order chi connectivity index (χ0) is 57.2. The number of aliphatic hydroxyl groups excluding tert-OH is 1. The van der Waals surface area contributed by atoms with Crippen LogP contribution in [-0.2, 0) is 86.9 Å². The lowest BCUT2D eigenvalue weighted by atomic mass is 9.96. The van der Waals surface area contributed by atoms with Gasteiger partial charge in [0.05, 0.1) is 45.7 Å². The Balaban J connectivity index is 1.08. The zero-order valence-corrected chi connectivity index (χ0v) is 47.7. The first-order valence-corrected chi connectivity index (χ1v) is 31.2. The van der Waals surface area contributed by atoms with Crippen molar-refractivity contribution in [2.45, 2.75) is 133 Å². The molecular formula is C59H69N4O16PSi. The molecule has 430 valence electrons. The van der Waals surface area contributed by atoms with E-state index in [0.29, 0.717) is 11.1 Å². The molecule has 3 aliphatic heterocycles. The fourth-order valence-corrected chi connectivity index (χ4v) is 12.3. The fourth-order valence-electron chi connectivity index (χ4n) is 9.85. The summed E-state index contributed by atoms with van der Waals surface area (Å²) in [4.78, 5) is 31.6. The van der Waals surface area contributed by atoms with Crippen LogP contribution < -0.4 is 5.32 Å². The van der Waals surface area contributed by atoms with E-state index in [1.165, 1.54) is 6.08 Å². The molecule has 81 heavy (non-hydrogen) atoms. The lowest BCUT2D eigenvalue weighted by Crippen LogP contribution is -2.67. The summed E-state index contributed by atoms with van der Waals surface area (Å²) in [7, 11) is -7.34. The average molecular weight is 1150 g/mol. The smallest absolute Gasteiger partial charge is 0.449 e. The normalized spacial score (nSPS) is 25.2. The number of fused-ring (bicyclic) bond motifs is 4. The van der Waals surface area contributed by atoms with Gasteiger partial charge in [-0.3, -0.25) is 13.6 Å². The van der Waals surface area contributed by atoms with E-state index in [-0.39, 0.29) is 57.2 Å². The lowest BCUT2D eigenvalue weighted by molar-refractivity contribution is -0.299. The molecular weight excluding hydrogens is 1080 g/mol. The topological polar surface area (TPSA) is 243 Å². The summed E-state index contributed by atoms with van der Waals surface area (Å²) >= 11 is 0. The Kier molecular flexibility index (Phi) is 19.6. The van der Waals surface area contributed by atoms with Gasteiger partial charge in [-0.1, -0.05) is 172 Å². The quantitative estimate of drug-likeness (QED) is 0.0132. The van der Waals surface area contributed by atoms with Gasteiger partial charge in [0.1, 0.15) is 49.7 Å². The summed E-state index contributed by atoms with van der Waals surface area (Å²) in [6.07, 6.45) is -12.4. The molecule has 0 spiro atoms. The Labute approximate surface area is 472 Å². The molecule has 1 aliphatic carbocycles. The molecule has 0 bridgehead atoms. The van der Waals surface area contributed by atoms with Gasteiger partial charge in [0.2, 0.25) is 0 Å². The van der Waals surface area contributed by atoms with Crippen LogP contribution in [0.4, 0.5) is 9.59 Å². The zero-order valence-electron chi connectivity index (χ0n) is 45.9. The third-order valence-electron chi connectivity index (χ3n) is 15.1. The van der Waals surface area contributed by atoms with E-state index in [0.717, 1.165) is 33.4 Å². The first kappa shape index (κ1) is 59.4. The molecule has 5 aromatic rings. The van der Waals surface area contributed by atoms with Crippen LogP contribution >= 0.6 is 7.82 Å². The second kappa shape index (κ2) is 26.8. The number of benzene rings is 5. The van der Waals surface area contributed by atoms with Gasteiger partial charge in [0.15, 0.2) is 27.0 Å². The van der Waals surface area contributed by atoms with Gasteiger partial charge < -0.3 is 52.7 Å². The third kappa shape index (κ3) is 14.5. The number of aliphatic hydroxyl groups is 1. The molecule has 5 aromatic carbocycles. The number of azide groups is 1. The number of hydrogen-bond donors (Lipinski definition) is 2. The fraction of sp³-hybridized carbons (Fsp3) is 0.424. The van der Waals surface area contributed by atoms with Crippen LogP contribution in [0.5, 0.6) is 0 Å². The van der Waals surface area contributed by atoms with Crippen LogP contribution in [-0.4, -0.2) is 113 Å². The van der Waals surface area contributed by atoms with Crippen molar-refractivity contribution in [2.24, 2.45) is 5.11 Å². The summed E-state index contributed by atoms with van der Waals surface area (Å²) in [5.41, 5.74) is 16.7. The van der Waals surface area contributed by atoms with Crippen molar-refractivity contribution < 1.29 is 75.2 Å². The first-order chi connectivity index (χ1) is 39.0. The molecule has 22 heteroatoms. The highest BCUT2D eigenvalue weighted by atomic mass is 31.2. The van der Waals surface area contributed by atoms with Gasteiger partial charge >= 0.3 is 20.1 Å². The van der Waals surface area contributed by atoms with Crippen LogP contribution in [0.2, 0.25) is 18.1 Å². The summed E-state index contributed by atoms with van der Waals surface area (Å²) in [5, 5.41) is 18.7. The molecule has 4 aliphatic rings. The van der Waals surface area contributed by atoms with E-state index < -0.39 is 96.3 Å². The number of alkyl carbamates (subject to hydrolysis) is 1. The first-order valence-electron chi connectivity index (χ1n) is 26.8. The molecule has 1 amide bonds. The minimum Gasteiger partial charge on any atom is -0.449 e. The van der Waals surface area contributed by atoms with Crippen LogP contribution in [0, 0.1) is 0 Å². The number of ether oxygens (including phenoxy) is 8. The largest absolute Gasteiger partial charge is 0.509 e. The maximum Gasteiger partial charge on any atom is 0.509 e. The monoisotopic (exact) mass is 1150 g/mol. The van der Waals surface area contributed by atoms with Gasteiger partial charge in [-0.25, -0.2) is 14.2 Å². The Hall–Kier alpha value is -6.26. The number of nitrogens with zero attached hydrogens (tertiary/aromatic N) is 3. The van der Waals surface area contributed by atoms with E-state index in [9.17, 15) is 24.8 Å². The summed E-state index contributed by atoms with van der Waals surface area (Å²) in [5.74, 6) is -0.349. The van der Waals surface area contributed by atoms with Crippen LogP contribution in [0.1, 0.15) is 60.1 Å². The maximum atomic E-state index is 14.9. The molecule has 2 saturated heterocycles. The van der Waals surface area contributed by atoms with Gasteiger partial charge in [0, 0.05) is 10.8 Å². The molecule has 0 radical (unpaired) electrons. The average Bonchev–Trinajstić information content (AvgIpc) is 3.73. The highest BCUT2D eigenvalue weighted by Gasteiger charge is 2.56. The van der Waals surface area contributed by atoms with E-state index in [1.807, 2.05) is 155 Å². The predicted molar refractivity (Wildman–Crippen MR) is 299 cm³/mol. The maximum absolute atomic E-state index is 14.9. The third-order valence-corrected chi connectivity index (χ3v) is 20.9.